The number of aromatic nitrogens is 1. The topological polar surface area (TPSA) is 42.3 Å². The van der Waals surface area contributed by atoms with E-state index in [-0.39, 0.29) is 10.9 Å². The molecule has 4 nitrogen and oxygen atoms in total. The molecule has 0 bridgehead atoms. The molecule has 0 radical (unpaired) electrons. The average molecular weight is 362 g/mol. The summed E-state index contributed by atoms with van der Waals surface area (Å²) in [4.78, 5) is 0.943. The van der Waals surface area contributed by atoms with Crippen LogP contribution >= 0.6 is 11.3 Å². The van der Waals surface area contributed by atoms with Gasteiger partial charge in [0, 0.05) is 29.9 Å². The van der Waals surface area contributed by atoms with Crippen LogP contribution in [0.5, 0.6) is 0 Å². The summed E-state index contributed by atoms with van der Waals surface area (Å²) >= 11 is 1.52. The standard InChI is InChI=1S/C17H15FN2O2S2/c18-13-4-1-5-14(12-13)24(21,22)20-10-9-19-8-2-6-15(19)17(20)16-7-3-11-23-16/h1-8,11-12,17H,9-10H2. The maximum Gasteiger partial charge on any atom is 0.244 e. The molecular formula is C17H15FN2O2S2. The van der Waals surface area contributed by atoms with Gasteiger partial charge in [0.15, 0.2) is 0 Å². The molecule has 1 aliphatic heterocycles. The molecule has 0 saturated carbocycles. The van der Waals surface area contributed by atoms with Crippen molar-refractivity contribution in [3.05, 3.63) is 76.5 Å². The lowest BCUT2D eigenvalue weighted by atomic mass is 10.1. The monoisotopic (exact) mass is 362 g/mol. The highest BCUT2D eigenvalue weighted by Crippen LogP contribution is 2.38. The van der Waals surface area contributed by atoms with E-state index in [1.807, 2.05) is 35.8 Å². The van der Waals surface area contributed by atoms with Gasteiger partial charge in [0.05, 0.1) is 10.9 Å². The van der Waals surface area contributed by atoms with Gasteiger partial charge in [-0.25, -0.2) is 12.8 Å². The lowest BCUT2D eigenvalue weighted by molar-refractivity contribution is 0.301. The highest BCUT2D eigenvalue weighted by molar-refractivity contribution is 7.89. The van der Waals surface area contributed by atoms with Gasteiger partial charge in [0.2, 0.25) is 10.0 Å². The van der Waals surface area contributed by atoms with Crippen molar-refractivity contribution < 1.29 is 12.8 Å². The molecule has 0 fully saturated rings. The van der Waals surface area contributed by atoms with E-state index in [2.05, 4.69) is 4.57 Å². The van der Waals surface area contributed by atoms with Crippen LogP contribution in [0.25, 0.3) is 0 Å². The van der Waals surface area contributed by atoms with Crippen molar-refractivity contribution in [1.29, 1.82) is 0 Å². The van der Waals surface area contributed by atoms with Gasteiger partial charge in [-0.05, 0) is 41.8 Å². The number of halogens is 1. The van der Waals surface area contributed by atoms with E-state index in [1.54, 1.807) is 0 Å². The van der Waals surface area contributed by atoms with Gasteiger partial charge < -0.3 is 4.57 Å². The number of thiophene rings is 1. The Morgan fingerprint density at radius 2 is 1.96 bits per heavy atom. The van der Waals surface area contributed by atoms with Crippen LogP contribution in [-0.2, 0) is 16.6 Å². The predicted octanol–water partition coefficient (Wildman–Crippen LogP) is 3.48. The quantitative estimate of drug-likeness (QED) is 0.716. The van der Waals surface area contributed by atoms with Crippen molar-refractivity contribution in [2.24, 2.45) is 0 Å². The SMILES string of the molecule is O=S(=O)(c1cccc(F)c1)N1CCn2cccc2C1c1cccs1. The minimum Gasteiger partial charge on any atom is -0.348 e. The first-order valence-electron chi connectivity index (χ1n) is 7.53. The van der Waals surface area contributed by atoms with Crippen LogP contribution in [0.3, 0.4) is 0 Å². The van der Waals surface area contributed by atoms with E-state index in [0.29, 0.717) is 13.1 Å². The fourth-order valence-electron chi connectivity index (χ4n) is 3.12. The summed E-state index contributed by atoms with van der Waals surface area (Å²) in [7, 11) is -3.79. The van der Waals surface area contributed by atoms with Crippen molar-refractivity contribution >= 4 is 21.4 Å². The van der Waals surface area contributed by atoms with E-state index < -0.39 is 15.8 Å². The Hall–Kier alpha value is -1.96. The maximum absolute atomic E-state index is 13.5. The van der Waals surface area contributed by atoms with E-state index >= 15 is 0 Å². The molecule has 0 amide bonds. The first-order valence-corrected chi connectivity index (χ1v) is 9.85. The molecule has 4 rings (SSSR count). The molecule has 0 saturated heterocycles. The molecule has 0 spiro atoms. The van der Waals surface area contributed by atoms with Crippen molar-refractivity contribution in [2.45, 2.75) is 17.5 Å². The zero-order chi connectivity index (χ0) is 16.7. The van der Waals surface area contributed by atoms with Crippen LogP contribution in [0.4, 0.5) is 4.39 Å². The largest absolute Gasteiger partial charge is 0.348 e. The zero-order valence-electron chi connectivity index (χ0n) is 12.7. The first kappa shape index (κ1) is 15.6. The second-order valence-corrected chi connectivity index (χ2v) is 8.49. The van der Waals surface area contributed by atoms with E-state index in [0.717, 1.165) is 16.6 Å². The highest BCUT2D eigenvalue weighted by Gasteiger charge is 2.38. The van der Waals surface area contributed by atoms with Crippen molar-refractivity contribution in [1.82, 2.24) is 8.87 Å². The molecular weight excluding hydrogens is 347 g/mol. The molecule has 7 heteroatoms. The van der Waals surface area contributed by atoms with Crippen LogP contribution in [0.2, 0.25) is 0 Å². The normalized spacial score (nSPS) is 18.5. The molecule has 0 N–H and O–H groups in total. The lowest BCUT2D eigenvalue weighted by Crippen LogP contribution is -2.42. The third-order valence-electron chi connectivity index (χ3n) is 4.21. The molecule has 24 heavy (non-hydrogen) atoms. The molecule has 1 unspecified atom stereocenters. The van der Waals surface area contributed by atoms with E-state index in [1.165, 1.54) is 33.8 Å². The lowest BCUT2D eigenvalue weighted by Gasteiger charge is -2.35. The van der Waals surface area contributed by atoms with Gasteiger partial charge in [-0.3, -0.25) is 0 Å². The van der Waals surface area contributed by atoms with Gasteiger partial charge >= 0.3 is 0 Å². The van der Waals surface area contributed by atoms with Gasteiger partial charge in [0.1, 0.15) is 5.82 Å². The van der Waals surface area contributed by atoms with Crippen LogP contribution in [0.1, 0.15) is 16.6 Å². The molecule has 1 atom stereocenters. The Balaban J connectivity index is 1.85. The third-order valence-corrected chi connectivity index (χ3v) is 6.99. The van der Waals surface area contributed by atoms with Crippen LogP contribution in [-0.4, -0.2) is 23.8 Å². The van der Waals surface area contributed by atoms with Crippen molar-refractivity contribution in [2.75, 3.05) is 6.54 Å². The molecule has 3 aromatic rings. The number of rotatable bonds is 3. The Morgan fingerprint density at radius 3 is 2.71 bits per heavy atom. The summed E-state index contributed by atoms with van der Waals surface area (Å²) < 4.78 is 43.3. The number of benzene rings is 1. The Morgan fingerprint density at radius 1 is 1.08 bits per heavy atom. The number of nitrogens with zero attached hydrogens (tertiary/aromatic N) is 2. The van der Waals surface area contributed by atoms with Crippen LogP contribution in [0.15, 0.2) is 65.0 Å². The summed E-state index contributed by atoms with van der Waals surface area (Å²) in [5, 5.41) is 1.93. The molecule has 0 aliphatic carbocycles. The number of hydrogen-bond donors (Lipinski definition) is 0. The molecule has 124 valence electrons. The van der Waals surface area contributed by atoms with E-state index in [4.69, 9.17) is 0 Å². The van der Waals surface area contributed by atoms with E-state index in [9.17, 15) is 12.8 Å². The number of hydrogen-bond acceptors (Lipinski definition) is 3. The third kappa shape index (κ3) is 2.49. The number of fused-ring (bicyclic) bond motifs is 1. The predicted molar refractivity (Wildman–Crippen MR) is 90.9 cm³/mol. The highest BCUT2D eigenvalue weighted by atomic mass is 32.2. The van der Waals surface area contributed by atoms with Crippen LogP contribution < -0.4 is 0 Å². The molecule has 2 aromatic heterocycles. The summed E-state index contributed by atoms with van der Waals surface area (Å²) in [6.07, 6.45) is 1.96. The second-order valence-electron chi connectivity index (χ2n) is 5.62. The van der Waals surface area contributed by atoms with Crippen LogP contribution in [0, 0.1) is 5.82 Å². The summed E-state index contributed by atoms with van der Waals surface area (Å²) in [6, 6.07) is 12.5. The minimum atomic E-state index is -3.79. The van der Waals surface area contributed by atoms with Gasteiger partial charge in [-0.2, -0.15) is 4.31 Å². The average Bonchev–Trinajstić information content (AvgIpc) is 3.25. The number of sulfonamides is 1. The van der Waals surface area contributed by atoms with Crippen molar-refractivity contribution in [3.8, 4) is 0 Å². The Kier molecular flexibility index (Phi) is 3.79. The smallest absolute Gasteiger partial charge is 0.244 e. The van der Waals surface area contributed by atoms with Gasteiger partial charge in [0.25, 0.3) is 0 Å². The zero-order valence-corrected chi connectivity index (χ0v) is 14.3. The van der Waals surface area contributed by atoms with Crippen molar-refractivity contribution in [3.63, 3.8) is 0 Å². The fourth-order valence-corrected chi connectivity index (χ4v) is 5.64. The maximum atomic E-state index is 13.5. The Labute approximate surface area is 143 Å². The van der Waals surface area contributed by atoms with Gasteiger partial charge in [-0.15, -0.1) is 11.3 Å². The summed E-state index contributed by atoms with van der Waals surface area (Å²) in [5.41, 5.74) is 0.934. The molecule has 1 aliphatic rings. The molecule has 3 heterocycles. The fraction of sp³-hybridized carbons (Fsp3) is 0.176. The first-order chi connectivity index (χ1) is 11.6. The summed E-state index contributed by atoms with van der Waals surface area (Å²) in [6.45, 7) is 0.932. The minimum absolute atomic E-state index is 0.0101. The van der Waals surface area contributed by atoms with Gasteiger partial charge in [-0.1, -0.05) is 12.1 Å². The summed E-state index contributed by atoms with van der Waals surface area (Å²) in [5.74, 6) is -0.552. The molecule has 1 aromatic carbocycles. The Bertz CT molecular complexity index is 964. The second kappa shape index (κ2) is 5.84.